The minimum Gasteiger partial charge on any atom is -0.493 e. The summed E-state index contributed by atoms with van der Waals surface area (Å²) in [6.07, 6.45) is 3.42. The number of allylic oxidation sites excluding steroid dienone is 1. The Kier molecular flexibility index (Phi) is 8.17. The van der Waals surface area contributed by atoms with Crippen molar-refractivity contribution in [2.24, 2.45) is 5.10 Å². The molecule has 1 N–H and O–H groups in total. The van der Waals surface area contributed by atoms with E-state index in [1.54, 1.807) is 26.4 Å². The first kappa shape index (κ1) is 21.6. The van der Waals surface area contributed by atoms with Crippen LogP contribution in [0.4, 0.5) is 0 Å². The average molecular weight is 423 g/mol. The lowest BCUT2D eigenvalue weighted by Crippen LogP contribution is -2.24. The Bertz CT molecular complexity index is 898. The van der Waals surface area contributed by atoms with Crippen molar-refractivity contribution in [3.63, 3.8) is 0 Å². The van der Waals surface area contributed by atoms with E-state index in [1.165, 1.54) is 12.3 Å². The van der Waals surface area contributed by atoms with E-state index < -0.39 is 5.91 Å². The van der Waals surface area contributed by atoms with Crippen LogP contribution in [0, 0.1) is 0 Å². The number of nitrogens with one attached hydrogen (secondary N) is 1. The van der Waals surface area contributed by atoms with Gasteiger partial charge in [0.2, 0.25) is 0 Å². The minimum atomic E-state index is -0.416. The molecule has 2 aromatic rings. The number of benzene rings is 2. The Hall–Kier alpha value is -2.70. The molecule has 8 heteroatoms. The molecular formula is C20H20Cl2N2O4. The average Bonchev–Trinajstić information content (AvgIpc) is 2.67. The molecule has 0 aromatic heterocycles. The lowest BCUT2D eigenvalue weighted by atomic mass is 10.1. The maximum absolute atomic E-state index is 11.8. The van der Waals surface area contributed by atoms with Crippen molar-refractivity contribution in [3.05, 3.63) is 57.6 Å². The number of hydrazone groups is 1. The van der Waals surface area contributed by atoms with Crippen molar-refractivity contribution < 1.29 is 19.0 Å². The summed E-state index contributed by atoms with van der Waals surface area (Å²) in [5.41, 5.74) is 4.13. The van der Waals surface area contributed by atoms with E-state index >= 15 is 0 Å². The lowest BCUT2D eigenvalue weighted by molar-refractivity contribution is -0.123. The van der Waals surface area contributed by atoms with Gasteiger partial charge >= 0.3 is 0 Å². The Morgan fingerprint density at radius 2 is 1.79 bits per heavy atom. The Labute approximate surface area is 173 Å². The summed E-state index contributed by atoms with van der Waals surface area (Å²) < 4.78 is 15.8. The number of carbonyl (C=O) groups excluding carboxylic acids is 1. The van der Waals surface area contributed by atoms with Crippen LogP contribution in [0.15, 0.2) is 47.1 Å². The molecule has 0 bridgehead atoms. The SMILES string of the molecule is COc1ccc(/C=C(C)/C=N/NC(=O)COc2ccc(Cl)cc2Cl)cc1OC. The van der Waals surface area contributed by atoms with Gasteiger partial charge in [0.05, 0.1) is 25.5 Å². The Morgan fingerprint density at radius 1 is 1.07 bits per heavy atom. The van der Waals surface area contributed by atoms with E-state index in [0.29, 0.717) is 27.3 Å². The van der Waals surface area contributed by atoms with Crippen molar-refractivity contribution in [1.29, 1.82) is 0 Å². The topological polar surface area (TPSA) is 69.2 Å². The van der Waals surface area contributed by atoms with Crippen LogP contribution < -0.4 is 19.6 Å². The predicted octanol–water partition coefficient (Wildman–Crippen LogP) is 4.59. The highest BCUT2D eigenvalue weighted by Crippen LogP contribution is 2.28. The van der Waals surface area contributed by atoms with Gasteiger partial charge in [0.25, 0.3) is 5.91 Å². The number of ether oxygens (including phenoxy) is 3. The first-order valence-electron chi connectivity index (χ1n) is 8.23. The summed E-state index contributed by atoms with van der Waals surface area (Å²) in [6.45, 7) is 1.63. The number of nitrogens with zero attached hydrogens (tertiary/aromatic N) is 1. The maximum Gasteiger partial charge on any atom is 0.277 e. The molecule has 0 unspecified atom stereocenters. The molecule has 0 aliphatic rings. The summed E-state index contributed by atoms with van der Waals surface area (Å²) in [5.74, 6) is 1.24. The molecule has 148 valence electrons. The molecule has 2 aromatic carbocycles. The number of amides is 1. The van der Waals surface area contributed by atoms with Crippen LogP contribution in [0.25, 0.3) is 6.08 Å². The number of rotatable bonds is 8. The van der Waals surface area contributed by atoms with Gasteiger partial charge in [-0.15, -0.1) is 0 Å². The van der Waals surface area contributed by atoms with Crippen molar-refractivity contribution in [2.75, 3.05) is 20.8 Å². The number of hydrogen-bond donors (Lipinski definition) is 1. The molecule has 0 saturated heterocycles. The van der Waals surface area contributed by atoms with Crippen LogP contribution in [0.1, 0.15) is 12.5 Å². The molecule has 6 nitrogen and oxygen atoms in total. The molecule has 28 heavy (non-hydrogen) atoms. The lowest BCUT2D eigenvalue weighted by Gasteiger charge is -2.08. The highest BCUT2D eigenvalue weighted by Gasteiger charge is 2.06. The molecule has 0 saturated carbocycles. The zero-order chi connectivity index (χ0) is 20.5. The summed E-state index contributed by atoms with van der Waals surface area (Å²) in [6, 6.07) is 10.3. The molecular weight excluding hydrogens is 403 g/mol. The molecule has 0 radical (unpaired) electrons. The second kappa shape index (κ2) is 10.6. The van der Waals surface area contributed by atoms with Gasteiger partial charge in [-0.2, -0.15) is 5.10 Å². The van der Waals surface area contributed by atoms with Crippen LogP contribution in [0.5, 0.6) is 17.2 Å². The van der Waals surface area contributed by atoms with Gasteiger partial charge in [-0.05, 0) is 48.4 Å². The molecule has 0 aliphatic heterocycles. The van der Waals surface area contributed by atoms with Crippen LogP contribution >= 0.6 is 23.2 Å². The van der Waals surface area contributed by atoms with E-state index in [4.69, 9.17) is 37.4 Å². The van der Waals surface area contributed by atoms with Crippen LogP contribution in [0.2, 0.25) is 10.0 Å². The smallest absolute Gasteiger partial charge is 0.277 e. The maximum atomic E-state index is 11.8. The normalized spacial score (nSPS) is 11.4. The third kappa shape index (κ3) is 6.48. The van der Waals surface area contributed by atoms with Crippen molar-refractivity contribution in [2.45, 2.75) is 6.92 Å². The monoisotopic (exact) mass is 422 g/mol. The summed E-state index contributed by atoms with van der Waals surface area (Å²) in [5, 5.41) is 4.73. The third-order valence-corrected chi connectivity index (χ3v) is 4.04. The van der Waals surface area contributed by atoms with Gasteiger partial charge in [0.1, 0.15) is 5.75 Å². The van der Waals surface area contributed by atoms with E-state index in [1.807, 2.05) is 31.2 Å². The fraction of sp³-hybridized carbons (Fsp3) is 0.200. The molecule has 0 aliphatic carbocycles. The highest BCUT2D eigenvalue weighted by atomic mass is 35.5. The zero-order valence-electron chi connectivity index (χ0n) is 15.7. The molecule has 0 atom stereocenters. The van der Waals surface area contributed by atoms with Crippen LogP contribution in [-0.2, 0) is 4.79 Å². The second-order valence-electron chi connectivity index (χ2n) is 5.66. The van der Waals surface area contributed by atoms with Gasteiger partial charge < -0.3 is 14.2 Å². The van der Waals surface area contributed by atoms with Gasteiger partial charge in [0.15, 0.2) is 18.1 Å². The van der Waals surface area contributed by atoms with E-state index in [0.717, 1.165) is 11.1 Å². The number of methoxy groups -OCH3 is 2. The van der Waals surface area contributed by atoms with Gasteiger partial charge in [0, 0.05) is 5.02 Å². The summed E-state index contributed by atoms with van der Waals surface area (Å²) in [4.78, 5) is 11.8. The molecule has 0 heterocycles. The highest BCUT2D eigenvalue weighted by molar-refractivity contribution is 6.35. The zero-order valence-corrected chi connectivity index (χ0v) is 17.2. The van der Waals surface area contributed by atoms with E-state index in [-0.39, 0.29) is 6.61 Å². The van der Waals surface area contributed by atoms with Crippen molar-refractivity contribution in [3.8, 4) is 17.2 Å². The minimum absolute atomic E-state index is 0.225. The van der Waals surface area contributed by atoms with E-state index in [2.05, 4.69) is 10.5 Å². The number of hydrogen-bond acceptors (Lipinski definition) is 5. The molecule has 1 amide bonds. The largest absolute Gasteiger partial charge is 0.493 e. The Balaban J connectivity index is 1.89. The fourth-order valence-electron chi connectivity index (χ4n) is 2.22. The number of halogens is 2. The first-order chi connectivity index (χ1) is 13.4. The second-order valence-corrected chi connectivity index (χ2v) is 6.50. The van der Waals surface area contributed by atoms with Gasteiger partial charge in [-0.25, -0.2) is 5.43 Å². The van der Waals surface area contributed by atoms with Crippen LogP contribution in [-0.4, -0.2) is 32.9 Å². The molecule has 0 spiro atoms. The summed E-state index contributed by atoms with van der Waals surface area (Å²) >= 11 is 11.8. The van der Waals surface area contributed by atoms with Crippen molar-refractivity contribution >= 4 is 41.4 Å². The predicted molar refractivity (Wildman–Crippen MR) is 112 cm³/mol. The van der Waals surface area contributed by atoms with Crippen LogP contribution in [0.3, 0.4) is 0 Å². The first-order valence-corrected chi connectivity index (χ1v) is 8.98. The third-order valence-electron chi connectivity index (χ3n) is 3.51. The Morgan fingerprint density at radius 3 is 2.46 bits per heavy atom. The molecule has 2 rings (SSSR count). The quantitative estimate of drug-likeness (QED) is 0.498. The molecule has 0 fully saturated rings. The van der Waals surface area contributed by atoms with Gasteiger partial charge in [-0.3, -0.25) is 4.79 Å². The number of carbonyl (C=O) groups is 1. The van der Waals surface area contributed by atoms with Crippen molar-refractivity contribution in [1.82, 2.24) is 5.43 Å². The summed E-state index contributed by atoms with van der Waals surface area (Å²) in [7, 11) is 3.16. The van der Waals surface area contributed by atoms with E-state index in [9.17, 15) is 4.79 Å². The standard InChI is InChI=1S/C20H20Cl2N2O4/c1-13(8-14-4-6-18(26-2)19(9-14)27-3)11-23-24-20(25)12-28-17-7-5-15(21)10-16(17)22/h4-11H,12H2,1-3H3,(H,24,25)/b13-8+,23-11+. The van der Waals surface area contributed by atoms with Gasteiger partial charge in [-0.1, -0.05) is 35.3 Å². The fourth-order valence-corrected chi connectivity index (χ4v) is 2.68.